The molecule has 8 heteroatoms. The molecular weight excluding hydrogens is 368 g/mol. The zero-order valence-corrected chi connectivity index (χ0v) is 16.0. The highest BCUT2D eigenvalue weighted by atomic mass is 16.5. The lowest BCUT2D eigenvalue weighted by molar-refractivity contribution is 0.0958. The first-order valence-electron chi connectivity index (χ1n) is 8.99. The van der Waals surface area contributed by atoms with Crippen molar-refractivity contribution in [1.82, 2.24) is 19.9 Å². The van der Waals surface area contributed by atoms with Crippen LogP contribution in [0.5, 0.6) is 11.5 Å². The number of nitrogens with zero attached hydrogens (tertiary/aromatic N) is 3. The van der Waals surface area contributed by atoms with Crippen LogP contribution in [0.25, 0.3) is 11.0 Å². The minimum absolute atomic E-state index is 0.272. The smallest absolute Gasteiger partial charge is 0.269 e. The van der Waals surface area contributed by atoms with Crippen molar-refractivity contribution in [2.45, 2.75) is 0 Å². The predicted octanol–water partition coefficient (Wildman–Crippen LogP) is 3.45. The quantitative estimate of drug-likeness (QED) is 0.452. The van der Waals surface area contributed by atoms with E-state index in [0.717, 1.165) is 16.7 Å². The second kappa shape index (κ2) is 7.51. The molecular formula is C21H20N6O2. The SMILES string of the molecule is CNC(=O)c1cc(Oc2ccc3c(c2)nc(Nc2ccccc2N)n3C)ccn1. The molecule has 2 aromatic carbocycles. The summed E-state index contributed by atoms with van der Waals surface area (Å²) in [7, 11) is 3.48. The Bertz CT molecular complexity index is 1200. The number of nitrogens with two attached hydrogens (primary N) is 1. The summed E-state index contributed by atoms with van der Waals surface area (Å²) in [6, 6.07) is 16.4. The third-order valence-electron chi connectivity index (χ3n) is 4.49. The van der Waals surface area contributed by atoms with E-state index in [0.29, 0.717) is 23.1 Å². The number of pyridine rings is 1. The lowest BCUT2D eigenvalue weighted by atomic mass is 10.3. The molecule has 0 bridgehead atoms. The molecule has 0 saturated heterocycles. The fraction of sp³-hybridized carbons (Fsp3) is 0.0952. The predicted molar refractivity (Wildman–Crippen MR) is 113 cm³/mol. The minimum atomic E-state index is -0.272. The zero-order valence-electron chi connectivity index (χ0n) is 16.0. The topological polar surface area (TPSA) is 107 Å². The maximum Gasteiger partial charge on any atom is 0.269 e. The summed E-state index contributed by atoms with van der Waals surface area (Å²) in [4.78, 5) is 20.4. The van der Waals surface area contributed by atoms with E-state index in [1.807, 2.05) is 54.1 Å². The lowest BCUT2D eigenvalue weighted by Gasteiger charge is -2.08. The van der Waals surface area contributed by atoms with E-state index in [1.54, 1.807) is 19.2 Å². The van der Waals surface area contributed by atoms with Gasteiger partial charge < -0.3 is 25.7 Å². The van der Waals surface area contributed by atoms with E-state index in [-0.39, 0.29) is 11.6 Å². The number of carbonyl (C=O) groups excluding carboxylic acids is 1. The molecule has 0 aliphatic rings. The molecule has 4 rings (SSSR count). The number of hydrogen-bond acceptors (Lipinski definition) is 6. The zero-order chi connectivity index (χ0) is 20.4. The first kappa shape index (κ1) is 18.3. The van der Waals surface area contributed by atoms with Crippen LogP contribution in [0.2, 0.25) is 0 Å². The highest BCUT2D eigenvalue weighted by Gasteiger charge is 2.11. The van der Waals surface area contributed by atoms with Crippen LogP contribution in [0.4, 0.5) is 17.3 Å². The molecule has 0 spiro atoms. The minimum Gasteiger partial charge on any atom is -0.457 e. The van der Waals surface area contributed by atoms with Crippen molar-refractivity contribution in [3.63, 3.8) is 0 Å². The average Bonchev–Trinajstić information content (AvgIpc) is 3.04. The van der Waals surface area contributed by atoms with Crippen molar-refractivity contribution < 1.29 is 9.53 Å². The van der Waals surface area contributed by atoms with Gasteiger partial charge in [-0.2, -0.15) is 0 Å². The Morgan fingerprint density at radius 2 is 1.90 bits per heavy atom. The summed E-state index contributed by atoms with van der Waals surface area (Å²) in [5, 5.41) is 5.80. The third-order valence-corrected chi connectivity index (χ3v) is 4.49. The number of nitrogen functional groups attached to an aromatic ring is 1. The number of benzene rings is 2. The van der Waals surface area contributed by atoms with Gasteiger partial charge in [-0.1, -0.05) is 12.1 Å². The molecule has 4 N–H and O–H groups in total. The molecule has 0 saturated carbocycles. The number of anilines is 3. The summed E-state index contributed by atoms with van der Waals surface area (Å²) in [6.07, 6.45) is 1.53. The van der Waals surface area contributed by atoms with Gasteiger partial charge in [-0.3, -0.25) is 9.78 Å². The number of ether oxygens (including phenoxy) is 1. The van der Waals surface area contributed by atoms with Crippen LogP contribution in [-0.2, 0) is 7.05 Å². The molecule has 0 fully saturated rings. The van der Waals surface area contributed by atoms with E-state index >= 15 is 0 Å². The Kier molecular flexibility index (Phi) is 4.74. The van der Waals surface area contributed by atoms with Crippen LogP contribution in [0.15, 0.2) is 60.8 Å². The molecule has 8 nitrogen and oxygen atoms in total. The monoisotopic (exact) mass is 388 g/mol. The van der Waals surface area contributed by atoms with Crippen LogP contribution in [0, 0.1) is 0 Å². The number of aryl methyl sites for hydroxylation is 1. The maximum absolute atomic E-state index is 11.7. The van der Waals surface area contributed by atoms with Crippen molar-refractivity contribution in [3.05, 3.63) is 66.5 Å². The highest BCUT2D eigenvalue weighted by Crippen LogP contribution is 2.29. The van der Waals surface area contributed by atoms with Gasteiger partial charge in [0.15, 0.2) is 0 Å². The van der Waals surface area contributed by atoms with E-state index in [4.69, 9.17) is 10.5 Å². The van der Waals surface area contributed by atoms with E-state index in [2.05, 4.69) is 20.6 Å². The molecule has 0 unspecified atom stereocenters. The number of aromatic nitrogens is 3. The van der Waals surface area contributed by atoms with Gasteiger partial charge >= 0.3 is 0 Å². The Labute approximate surface area is 167 Å². The van der Waals surface area contributed by atoms with Crippen LogP contribution in [0.3, 0.4) is 0 Å². The Morgan fingerprint density at radius 1 is 1.10 bits per heavy atom. The summed E-state index contributed by atoms with van der Waals surface area (Å²) >= 11 is 0. The van der Waals surface area contributed by atoms with Gasteiger partial charge in [0.25, 0.3) is 5.91 Å². The Balaban J connectivity index is 1.62. The Morgan fingerprint density at radius 3 is 2.69 bits per heavy atom. The number of hydrogen-bond donors (Lipinski definition) is 3. The number of carbonyl (C=O) groups is 1. The first-order valence-corrected chi connectivity index (χ1v) is 8.99. The molecule has 146 valence electrons. The van der Waals surface area contributed by atoms with Gasteiger partial charge in [0.2, 0.25) is 5.95 Å². The number of fused-ring (bicyclic) bond motifs is 1. The molecule has 0 atom stereocenters. The lowest BCUT2D eigenvalue weighted by Crippen LogP contribution is -2.18. The van der Waals surface area contributed by atoms with Crippen LogP contribution in [0.1, 0.15) is 10.5 Å². The summed E-state index contributed by atoms with van der Waals surface area (Å²) < 4.78 is 7.84. The van der Waals surface area contributed by atoms with Crippen molar-refractivity contribution in [3.8, 4) is 11.5 Å². The van der Waals surface area contributed by atoms with Gasteiger partial charge in [0.1, 0.15) is 17.2 Å². The van der Waals surface area contributed by atoms with Gasteiger partial charge in [-0.15, -0.1) is 0 Å². The molecule has 0 aliphatic heterocycles. The fourth-order valence-electron chi connectivity index (χ4n) is 2.95. The second-order valence-corrected chi connectivity index (χ2v) is 6.42. The number of amides is 1. The van der Waals surface area contributed by atoms with Gasteiger partial charge in [0.05, 0.1) is 22.4 Å². The molecule has 1 amide bonds. The second-order valence-electron chi connectivity index (χ2n) is 6.42. The standard InChI is InChI=1S/C21H20N6O2/c1-23-20(28)18-12-14(9-10-24-18)29-13-7-8-19-17(11-13)26-21(27(19)2)25-16-6-4-3-5-15(16)22/h3-12H,22H2,1-2H3,(H,23,28)(H,25,26). The number of rotatable bonds is 5. The maximum atomic E-state index is 11.7. The van der Waals surface area contributed by atoms with E-state index in [9.17, 15) is 4.79 Å². The van der Waals surface area contributed by atoms with Crippen LogP contribution >= 0.6 is 0 Å². The van der Waals surface area contributed by atoms with Crippen molar-refractivity contribution in [2.24, 2.45) is 7.05 Å². The number of para-hydroxylation sites is 2. The summed E-state index contributed by atoms with van der Waals surface area (Å²) in [6.45, 7) is 0. The average molecular weight is 388 g/mol. The molecule has 2 aromatic heterocycles. The molecule has 2 heterocycles. The summed E-state index contributed by atoms with van der Waals surface area (Å²) in [5.41, 5.74) is 9.45. The van der Waals surface area contributed by atoms with E-state index in [1.165, 1.54) is 6.20 Å². The fourth-order valence-corrected chi connectivity index (χ4v) is 2.95. The van der Waals surface area contributed by atoms with Crippen molar-refractivity contribution in [1.29, 1.82) is 0 Å². The Hall–Kier alpha value is -4.07. The van der Waals surface area contributed by atoms with Crippen LogP contribution < -0.4 is 21.1 Å². The van der Waals surface area contributed by atoms with Gasteiger partial charge in [-0.25, -0.2) is 4.98 Å². The van der Waals surface area contributed by atoms with Crippen molar-refractivity contribution >= 4 is 34.3 Å². The van der Waals surface area contributed by atoms with Gasteiger partial charge in [0, 0.05) is 32.4 Å². The largest absolute Gasteiger partial charge is 0.457 e. The highest BCUT2D eigenvalue weighted by molar-refractivity contribution is 5.92. The summed E-state index contributed by atoms with van der Waals surface area (Å²) in [5.74, 6) is 1.52. The van der Waals surface area contributed by atoms with Crippen molar-refractivity contribution in [2.75, 3.05) is 18.1 Å². The molecule has 4 aromatic rings. The van der Waals surface area contributed by atoms with Crippen LogP contribution in [-0.4, -0.2) is 27.5 Å². The normalized spacial score (nSPS) is 10.7. The first-order chi connectivity index (χ1) is 14.0. The molecule has 29 heavy (non-hydrogen) atoms. The molecule has 0 aliphatic carbocycles. The third kappa shape index (κ3) is 3.68. The number of imidazole rings is 1. The van der Waals surface area contributed by atoms with E-state index < -0.39 is 0 Å². The van der Waals surface area contributed by atoms with Gasteiger partial charge in [-0.05, 0) is 30.3 Å². The molecule has 0 radical (unpaired) electrons. The number of nitrogens with one attached hydrogen (secondary N) is 2.